The highest BCUT2D eigenvalue weighted by atomic mass is 32.2. The first-order chi connectivity index (χ1) is 8.01. The van der Waals surface area contributed by atoms with Crippen LogP contribution in [0.5, 0.6) is 0 Å². The van der Waals surface area contributed by atoms with Crippen LogP contribution >= 0.6 is 0 Å². The van der Waals surface area contributed by atoms with Crippen LogP contribution in [0.25, 0.3) is 0 Å². The van der Waals surface area contributed by atoms with Crippen molar-refractivity contribution in [2.45, 2.75) is 13.5 Å². The highest BCUT2D eigenvalue weighted by molar-refractivity contribution is 7.89. The normalized spacial score (nSPS) is 11.4. The molecule has 0 radical (unpaired) electrons. The lowest BCUT2D eigenvalue weighted by Crippen LogP contribution is -2.32. The average molecular weight is 253 g/mol. The third-order valence-electron chi connectivity index (χ3n) is 2.39. The Balaban J connectivity index is 2.93. The Labute approximate surface area is 102 Å². The van der Waals surface area contributed by atoms with E-state index in [2.05, 4.69) is 0 Å². The number of hydrogen-bond donors (Lipinski definition) is 1. The minimum Gasteiger partial charge on any atom is -0.398 e. The first kappa shape index (κ1) is 13.5. The van der Waals surface area contributed by atoms with Gasteiger partial charge in [0.1, 0.15) is 0 Å². The molecule has 1 rings (SSSR count). The van der Waals surface area contributed by atoms with Crippen LogP contribution in [-0.4, -0.2) is 25.0 Å². The lowest BCUT2D eigenvalue weighted by Gasteiger charge is -2.19. The fourth-order valence-corrected chi connectivity index (χ4v) is 2.52. The summed E-state index contributed by atoms with van der Waals surface area (Å²) in [5.41, 5.74) is 7.05. The zero-order chi connectivity index (χ0) is 12.9. The number of sulfonamides is 1. The van der Waals surface area contributed by atoms with Crippen molar-refractivity contribution in [3.8, 4) is 6.07 Å². The van der Waals surface area contributed by atoms with E-state index in [4.69, 9.17) is 11.0 Å². The van der Waals surface area contributed by atoms with Gasteiger partial charge < -0.3 is 5.73 Å². The molecular formula is C11H15N3O2S. The van der Waals surface area contributed by atoms with Crippen LogP contribution in [0.2, 0.25) is 0 Å². The van der Waals surface area contributed by atoms with Crippen LogP contribution in [0.3, 0.4) is 0 Å². The Morgan fingerprint density at radius 1 is 1.41 bits per heavy atom. The lowest BCUT2D eigenvalue weighted by atomic mass is 10.2. The highest BCUT2D eigenvalue weighted by Gasteiger charge is 2.20. The Morgan fingerprint density at radius 2 is 2.06 bits per heavy atom. The van der Waals surface area contributed by atoms with Gasteiger partial charge in [-0.2, -0.15) is 9.57 Å². The molecule has 2 N–H and O–H groups in total. The summed E-state index contributed by atoms with van der Waals surface area (Å²) in [7, 11) is -3.52. The van der Waals surface area contributed by atoms with Crippen LogP contribution in [0, 0.1) is 11.3 Å². The van der Waals surface area contributed by atoms with Crippen LogP contribution in [0.15, 0.2) is 24.3 Å². The summed E-state index contributed by atoms with van der Waals surface area (Å²) in [6.07, 6.45) is 0. The molecule has 0 bridgehead atoms. The Morgan fingerprint density at radius 3 is 2.59 bits per heavy atom. The maximum atomic E-state index is 11.7. The van der Waals surface area contributed by atoms with E-state index in [0.717, 1.165) is 5.56 Å². The molecule has 0 saturated heterocycles. The minimum absolute atomic E-state index is 0.202. The molecule has 0 aliphatic carbocycles. The molecule has 1 aromatic rings. The third-order valence-corrected chi connectivity index (χ3v) is 4.06. The SMILES string of the molecule is CCN(Cc1ccccc1N)S(=O)(=O)CC#N. The number of para-hydroxylation sites is 1. The fourth-order valence-electron chi connectivity index (χ4n) is 1.45. The summed E-state index contributed by atoms with van der Waals surface area (Å²) in [4.78, 5) is 0. The molecule has 0 aromatic heterocycles. The largest absolute Gasteiger partial charge is 0.398 e. The highest BCUT2D eigenvalue weighted by Crippen LogP contribution is 2.15. The second-order valence-electron chi connectivity index (χ2n) is 3.54. The summed E-state index contributed by atoms with van der Waals surface area (Å²) in [6.45, 7) is 2.25. The number of nitrogen functional groups attached to an aromatic ring is 1. The van der Waals surface area contributed by atoms with E-state index in [9.17, 15) is 8.42 Å². The molecule has 5 nitrogen and oxygen atoms in total. The van der Waals surface area contributed by atoms with Crippen molar-refractivity contribution < 1.29 is 8.42 Å². The van der Waals surface area contributed by atoms with E-state index in [0.29, 0.717) is 12.2 Å². The van der Waals surface area contributed by atoms with Crippen molar-refractivity contribution in [1.82, 2.24) is 4.31 Å². The first-order valence-electron chi connectivity index (χ1n) is 5.19. The summed E-state index contributed by atoms with van der Waals surface area (Å²) < 4.78 is 24.7. The van der Waals surface area contributed by atoms with Crippen LogP contribution in [0.1, 0.15) is 12.5 Å². The molecule has 92 valence electrons. The van der Waals surface area contributed by atoms with Crippen molar-refractivity contribution in [2.24, 2.45) is 0 Å². The molecule has 0 amide bonds. The lowest BCUT2D eigenvalue weighted by molar-refractivity contribution is 0.426. The monoisotopic (exact) mass is 253 g/mol. The Hall–Kier alpha value is -1.58. The maximum absolute atomic E-state index is 11.7. The maximum Gasteiger partial charge on any atom is 0.227 e. The molecule has 0 unspecified atom stereocenters. The fraction of sp³-hybridized carbons (Fsp3) is 0.364. The molecule has 1 aromatic carbocycles. The van der Waals surface area contributed by atoms with Crippen molar-refractivity contribution >= 4 is 15.7 Å². The molecule has 0 saturated carbocycles. The van der Waals surface area contributed by atoms with Gasteiger partial charge in [-0.05, 0) is 11.6 Å². The third kappa shape index (κ3) is 3.44. The molecule has 6 heteroatoms. The van der Waals surface area contributed by atoms with Gasteiger partial charge in [0, 0.05) is 18.8 Å². The van der Waals surface area contributed by atoms with Crippen molar-refractivity contribution in [2.75, 3.05) is 18.0 Å². The van der Waals surface area contributed by atoms with Crippen LogP contribution in [0.4, 0.5) is 5.69 Å². The van der Waals surface area contributed by atoms with Gasteiger partial charge in [-0.3, -0.25) is 0 Å². The molecule has 0 heterocycles. The molecule has 17 heavy (non-hydrogen) atoms. The minimum atomic E-state index is -3.52. The Kier molecular flexibility index (Phi) is 4.49. The first-order valence-corrected chi connectivity index (χ1v) is 6.80. The predicted molar refractivity (Wildman–Crippen MR) is 66.3 cm³/mol. The summed E-state index contributed by atoms with van der Waals surface area (Å²) >= 11 is 0. The molecule has 0 aliphatic heterocycles. The zero-order valence-corrected chi connectivity index (χ0v) is 10.4. The van der Waals surface area contributed by atoms with Gasteiger partial charge in [-0.1, -0.05) is 25.1 Å². The second kappa shape index (κ2) is 5.66. The topological polar surface area (TPSA) is 87.2 Å². The van der Waals surface area contributed by atoms with E-state index >= 15 is 0 Å². The molecular weight excluding hydrogens is 238 g/mol. The van der Waals surface area contributed by atoms with Gasteiger partial charge in [0.05, 0.1) is 6.07 Å². The predicted octanol–water partition coefficient (Wildman–Crippen LogP) is 0.944. The molecule has 0 atom stereocenters. The summed E-state index contributed by atoms with van der Waals surface area (Å²) in [5, 5.41) is 8.49. The van der Waals surface area contributed by atoms with Gasteiger partial charge in [-0.25, -0.2) is 8.42 Å². The second-order valence-corrected chi connectivity index (χ2v) is 5.51. The number of hydrogen-bond acceptors (Lipinski definition) is 4. The average Bonchev–Trinajstić information content (AvgIpc) is 2.27. The van der Waals surface area contributed by atoms with E-state index in [-0.39, 0.29) is 6.54 Å². The summed E-state index contributed by atoms with van der Waals surface area (Å²) in [5.74, 6) is -0.506. The van der Waals surface area contributed by atoms with Gasteiger partial charge in [0.2, 0.25) is 10.0 Å². The standard InChI is InChI=1S/C11H15N3O2S/c1-2-14(17(15,16)8-7-12)9-10-5-3-4-6-11(10)13/h3-6H,2,8-9,13H2,1H3. The molecule has 0 fully saturated rings. The quantitative estimate of drug-likeness (QED) is 0.791. The van der Waals surface area contributed by atoms with E-state index in [1.54, 1.807) is 37.3 Å². The van der Waals surface area contributed by atoms with Crippen molar-refractivity contribution in [3.05, 3.63) is 29.8 Å². The van der Waals surface area contributed by atoms with Gasteiger partial charge >= 0.3 is 0 Å². The number of nitrogens with two attached hydrogens (primary N) is 1. The zero-order valence-electron chi connectivity index (χ0n) is 9.63. The number of anilines is 1. The number of benzene rings is 1. The number of rotatable bonds is 5. The molecule has 0 aliphatic rings. The van der Waals surface area contributed by atoms with Gasteiger partial charge in [0.15, 0.2) is 5.75 Å². The number of nitrogens with zero attached hydrogens (tertiary/aromatic N) is 2. The smallest absolute Gasteiger partial charge is 0.227 e. The van der Waals surface area contributed by atoms with E-state index in [1.807, 2.05) is 0 Å². The van der Waals surface area contributed by atoms with E-state index < -0.39 is 15.8 Å². The Bertz CT molecular complexity index is 520. The van der Waals surface area contributed by atoms with Crippen molar-refractivity contribution in [1.29, 1.82) is 5.26 Å². The van der Waals surface area contributed by atoms with Gasteiger partial charge in [0.25, 0.3) is 0 Å². The van der Waals surface area contributed by atoms with Crippen molar-refractivity contribution in [3.63, 3.8) is 0 Å². The van der Waals surface area contributed by atoms with Gasteiger partial charge in [-0.15, -0.1) is 0 Å². The number of nitriles is 1. The van der Waals surface area contributed by atoms with Crippen LogP contribution < -0.4 is 5.73 Å². The van der Waals surface area contributed by atoms with Crippen LogP contribution in [-0.2, 0) is 16.6 Å². The van der Waals surface area contributed by atoms with E-state index in [1.165, 1.54) is 4.31 Å². The summed E-state index contributed by atoms with van der Waals surface area (Å²) in [6, 6.07) is 8.75. The molecule has 0 spiro atoms.